The van der Waals surface area contributed by atoms with Gasteiger partial charge >= 0.3 is 0 Å². The lowest BCUT2D eigenvalue weighted by Gasteiger charge is -2.31. The number of likely N-dealkylation sites (tertiary alicyclic amines) is 1. The molecule has 1 aliphatic heterocycles. The number of hydrogen-bond acceptors (Lipinski definition) is 3. The van der Waals surface area contributed by atoms with Gasteiger partial charge in [-0.2, -0.15) is 0 Å². The van der Waals surface area contributed by atoms with E-state index in [9.17, 15) is 9.59 Å². The van der Waals surface area contributed by atoms with Crippen LogP contribution in [0.5, 0.6) is 5.75 Å². The summed E-state index contributed by atoms with van der Waals surface area (Å²) < 4.78 is 5.51. The first-order valence-corrected chi connectivity index (χ1v) is 9.43. The van der Waals surface area contributed by atoms with Crippen LogP contribution in [-0.2, 0) is 9.59 Å². The summed E-state index contributed by atoms with van der Waals surface area (Å²) in [6.07, 6.45) is 1.31. The van der Waals surface area contributed by atoms with Crippen LogP contribution in [0.1, 0.15) is 18.4 Å². The second-order valence-electron chi connectivity index (χ2n) is 6.70. The van der Waals surface area contributed by atoms with Gasteiger partial charge in [0.25, 0.3) is 5.91 Å². The SMILES string of the molecule is Cc1ccccc1NC(=O)C1CCN(C(=O)COc2ccc(Cl)cc2)CC1. The van der Waals surface area contributed by atoms with Crippen molar-refractivity contribution in [2.75, 3.05) is 25.0 Å². The van der Waals surface area contributed by atoms with Crippen LogP contribution >= 0.6 is 11.6 Å². The van der Waals surface area contributed by atoms with Gasteiger partial charge in [0.2, 0.25) is 5.91 Å². The molecule has 1 aliphatic rings. The maximum atomic E-state index is 12.5. The van der Waals surface area contributed by atoms with Gasteiger partial charge in [0, 0.05) is 29.7 Å². The fourth-order valence-electron chi connectivity index (χ4n) is 3.11. The van der Waals surface area contributed by atoms with Crippen LogP contribution in [-0.4, -0.2) is 36.4 Å². The number of benzene rings is 2. The summed E-state index contributed by atoms with van der Waals surface area (Å²) in [4.78, 5) is 26.6. The van der Waals surface area contributed by atoms with Gasteiger partial charge in [-0.05, 0) is 55.7 Å². The number of carbonyl (C=O) groups is 2. The number of anilines is 1. The van der Waals surface area contributed by atoms with Crippen LogP contribution in [0, 0.1) is 12.8 Å². The van der Waals surface area contributed by atoms with Crippen LogP contribution in [0.2, 0.25) is 5.02 Å². The lowest BCUT2D eigenvalue weighted by Crippen LogP contribution is -2.43. The summed E-state index contributed by atoms with van der Waals surface area (Å²) in [5.41, 5.74) is 1.88. The quantitative estimate of drug-likeness (QED) is 0.847. The third kappa shape index (κ3) is 5.23. The molecule has 1 saturated heterocycles. The summed E-state index contributed by atoms with van der Waals surface area (Å²) >= 11 is 5.83. The van der Waals surface area contributed by atoms with Gasteiger partial charge < -0.3 is 15.0 Å². The van der Waals surface area contributed by atoms with Crippen LogP contribution in [0.15, 0.2) is 48.5 Å². The Morgan fingerprint density at radius 3 is 2.44 bits per heavy atom. The molecule has 142 valence electrons. The van der Waals surface area contributed by atoms with Crippen molar-refractivity contribution >= 4 is 29.1 Å². The predicted octanol–water partition coefficient (Wildman–Crippen LogP) is 3.90. The topological polar surface area (TPSA) is 58.6 Å². The van der Waals surface area contributed by atoms with E-state index in [-0.39, 0.29) is 24.3 Å². The summed E-state index contributed by atoms with van der Waals surface area (Å²) in [7, 11) is 0. The maximum absolute atomic E-state index is 12.5. The average molecular weight is 387 g/mol. The second kappa shape index (κ2) is 8.91. The zero-order chi connectivity index (χ0) is 19.2. The minimum absolute atomic E-state index is 0.0122. The van der Waals surface area contributed by atoms with Gasteiger partial charge in [-0.3, -0.25) is 9.59 Å². The number of carbonyl (C=O) groups excluding carboxylic acids is 2. The highest BCUT2D eigenvalue weighted by Gasteiger charge is 2.27. The third-order valence-electron chi connectivity index (χ3n) is 4.80. The number of piperidine rings is 1. The molecule has 0 bridgehead atoms. The minimum Gasteiger partial charge on any atom is -0.484 e. The molecule has 2 amide bonds. The summed E-state index contributed by atoms with van der Waals surface area (Å²) in [5, 5.41) is 3.62. The van der Waals surface area contributed by atoms with Gasteiger partial charge in [-0.25, -0.2) is 0 Å². The standard InChI is InChI=1S/C21H23ClN2O3/c1-15-4-2-3-5-19(15)23-21(26)16-10-12-24(13-11-16)20(25)14-27-18-8-6-17(22)7-9-18/h2-9,16H,10-14H2,1H3,(H,23,26). The second-order valence-corrected chi connectivity index (χ2v) is 7.14. The third-order valence-corrected chi connectivity index (χ3v) is 5.05. The fourth-order valence-corrected chi connectivity index (χ4v) is 3.23. The largest absolute Gasteiger partial charge is 0.484 e. The van der Waals surface area contributed by atoms with E-state index < -0.39 is 0 Å². The first-order valence-electron chi connectivity index (χ1n) is 9.05. The number of para-hydroxylation sites is 1. The lowest BCUT2D eigenvalue weighted by atomic mass is 9.95. The van der Waals surface area contributed by atoms with Crippen LogP contribution in [0.4, 0.5) is 5.69 Å². The maximum Gasteiger partial charge on any atom is 0.260 e. The number of halogens is 1. The Bertz CT molecular complexity index is 799. The summed E-state index contributed by atoms with van der Waals surface area (Å²) in [5.74, 6) is 0.489. The van der Waals surface area contributed by atoms with E-state index in [1.165, 1.54) is 0 Å². The molecule has 0 aliphatic carbocycles. The van der Waals surface area contributed by atoms with Crippen molar-refractivity contribution < 1.29 is 14.3 Å². The molecule has 0 radical (unpaired) electrons. The van der Waals surface area contributed by atoms with Crippen molar-refractivity contribution in [1.29, 1.82) is 0 Å². The molecule has 1 N–H and O–H groups in total. The van der Waals surface area contributed by atoms with Gasteiger partial charge in [-0.1, -0.05) is 29.8 Å². The molecule has 2 aromatic rings. The van der Waals surface area contributed by atoms with Crippen molar-refractivity contribution in [2.24, 2.45) is 5.92 Å². The molecule has 5 nitrogen and oxygen atoms in total. The van der Waals surface area contributed by atoms with Crippen molar-refractivity contribution in [3.63, 3.8) is 0 Å². The molecule has 0 saturated carbocycles. The monoisotopic (exact) mass is 386 g/mol. The lowest BCUT2D eigenvalue weighted by molar-refractivity contribution is -0.136. The van der Waals surface area contributed by atoms with E-state index >= 15 is 0 Å². The zero-order valence-corrected chi connectivity index (χ0v) is 16.0. The minimum atomic E-state index is -0.0779. The van der Waals surface area contributed by atoms with Crippen molar-refractivity contribution in [3.05, 3.63) is 59.1 Å². The molecule has 0 unspecified atom stereocenters. The number of amides is 2. The first-order chi connectivity index (χ1) is 13.0. The van der Waals surface area contributed by atoms with Gasteiger partial charge in [0.05, 0.1) is 0 Å². The predicted molar refractivity (Wildman–Crippen MR) is 106 cm³/mol. The molecule has 1 heterocycles. The number of ether oxygens (including phenoxy) is 1. The molecule has 3 rings (SSSR count). The smallest absolute Gasteiger partial charge is 0.260 e. The Labute approximate surface area is 164 Å². The van der Waals surface area contributed by atoms with Crippen molar-refractivity contribution in [1.82, 2.24) is 4.90 Å². The van der Waals surface area contributed by atoms with Gasteiger partial charge in [0.15, 0.2) is 6.61 Å². The Hall–Kier alpha value is -2.53. The van der Waals surface area contributed by atoms with Gasteiger partial charge in [-0.15, -0.1) is 0 Å². The summed E-state index contributed by atoms with van der Waals surface area (Å²) in [6.45, 7) is 3.09. The Balaban J connectivity index is 1.45. The summed E-state index contributed by atoms with van der Waals surface area (Å²) in [6, 6.07) is 14.6. The van der Waals surface area contributed by atoms with E-state index in [1.54, 1.807) is 29.2 Å². The normalized spacial score (nSPS) is 14.7. The molecule has 0 spiro atoms. The molecule has 0 atom stereocenters. The number of aryl methyl sites for hydroxylation is 1. The first kappa shape index (κ1) is 19.2. The van der Waals surface area contributed by atoms with Crippen molar-refractivity contribution in [3.8, 4) is 5.75 Å². The highest BCUT2D eigenvalue weighted by atomic mass is 35.5. The van der Waals surface area contributed by atoms with E-state index in [0.717, 1.165) is 11.3 Å². The highest BCUT2D eigenvalue weighted by Crippen LogP contribution is 2.21. The highest BCUT2D eigenvalue weighted by molar-refractivity contribution is 6.30. The van der Waals surface area contributed by atoms with E-state index in [1.807, 2.05) is 31.2 Å². The molecule has 0 aromatic heterocycles. The number of nitrogens with one attached hydrogen (secondary N) is 1. The Morgan fingerprint density at radius 1 is 1.11 bits per heavy atom. The van der Waals surface area contributed by atoms with Crippen molar-refractivity contribution in [2.45, 2.75) is 19.8 Å². The number of rotatable bonds is 5. The van der Waals surface area contributed by atoms with E-state index in [0.29, 0.717) is 36.7 Å². The van der Waals surface area contributed by atoms with E-state index in [4.69, 9.17) is 16.3 Å². The molecule has 1 fully saturated rings. The van der Waals surface area contributed by atoms with Crippen LogP contribution in [0.3, 0.4) is 0 Å². The number of nitrogens with zero attached hydrogens (tertiary/aromatic N) is 1. The molecule has 2 aromatic carbocycles. The van der Waals surface area contributed by atoms with Crippen LogP contribution < -0.4 is 10.1 Å². The zero-order valence-electron chi connectivity index (χ0n) is 15.3. The number of hydrogen-bond donors (Lipinski definition) is 1. The molecule has 6 heteroatoms. The van der Waals surface area contributed by atoms with Crippen LogP contribution in [0.25, 0.3) is 0 Å². The fraction of sp³-hybridized carbons (Fsp3) is 0.333. The Morgan fingerprint density at radius 2 is 1.78 bits per heavy atom. The van der Waals surface area contributed by atoms with Gasteiger partial charge in [0.1, 0.15) is 5.75 Å². The molecular formula is C21H23ClN2O3. The molecular weight excluding hydrogens is 364 g/mol. The molecule has 27 heavy (non-hydrogen) atoms. The van der Waals surface area contributed by atoms with E-state index in [2.05, 4.69) is 5.32 Å². The average Bonchev–Trinajstić information content (AvgIpc) is 2.69. The Kier molecular flexibility index (Phi) is 6.35.